The quantitative estimate of drug-likeness (QED) is 0.907. The number of fused-ring (bicyclic) bond motifs is 1. The number of carbonyl (C=O) groups excluding carboxylic acids is 2. The standard InChI is InChI=1S/C14H19N3O3S.C2H6/c1-9(10(2)18)17-11-7-5-6-8-12(11)21(20)16(4)13(15-3)14(17)19;1-2/h5-9,13,15H,1-4H3;1-2H3. The molecule has 1 aromatic carbocycles. The Bertz CT molecular complexity index is 606. The predicted molar refractivity (Wildman–Crippen MR) is 92.4 cm³/mol. The minimum absolute atomic E-state index is 0.122. The van der Waals surface area contributed by atoms with Gasteiger partial charge in [-0.15, -0.1) is 0 Å². The van der Waals surface area contributed by atoms with Crippen LogP contribution in [0.3, 0.4) is 0 Å². The van der Waals surface area contributed by atoms with Crippen molar-refractivity contribution in [3.8, 4) is 0 Å². The van der Waals surface area contributed by atoms with Crippen LogP contribution in [0.25, 0.3) is 0 Å². The van der Waals surface area contributed by atoms with Crippen molar-refractivity contribution in [3.05, 3.63) is 24.3 Å². The zero-order chi connectivity index (χ0) is 17.7. The number of Topliss-reactive ketones (excluding diaryl/α,β-unsaturated/α-hetero) is 1. The highest BCUT2D eigenvalue weighted by atomic mass is 32.2. The molecule has 23 heavy (non-hydrogen) atoms. The smallest absolute Gasteiger partial charge is 0.260 e. The average Bonchev–Trinajstić information content (AvgIpc) is 2.63. The summed E-state index contributed by atoms with van der Waals surface area (Å²) >= 11 is 0. The monoisotopic (exact) mass is 339 g/mol. The number of hydrogen-bond donors (Lipinski definition) is 1. The van der Waals surface area contributed by atoms with Gasteiger partial charge < -0.3 is 0 Å². The molecule has 0 radical (unpaired) electrons. The molecule has 0 spiro atoms. The van der Waals surface area contributed by atoms with Gasteiger partial charge in [0.2, 0.25) is 0 Å². The second-order valence-electron chi connectivity index (χ2n) is 4.95. The highest BCUT2D eigenvalue weighted by Crippen LogP contribution is 2.31. The van der Waals surface area contributed by atoms with Gasteiger partial charge in [-0.3, -0.25) is 19.8 Å². The number of rotatable bonds is 3. The third-order valence-corrected chi connectivity index (χ3v) is 5.11. The van der Waals surface area contributed by atoms with Crippen LogP contribution in [0, 0.1) is 0 Å². The number of likely N-dealkylation sites (N-methyl/N-ethyl adjacent to an activating group) is 2. The first-order valence-corrected chi connectivity index (χ1v) is 8.75. The summed E-state index contributed by atoms with van der Waals surface area (Å²) in [6.07, 6.45) is -0.750. The largest absolute Gasteiger partial charge is 0.298 e. The molecule has 1 N–H and O–H groups in total. The third kappa shape index (κ3) is 3.68. The lowest BCUT2D eigenvalue weighted by molar-refractivity contribution is -0.126. The van der Waals surface area contributed by atoms with E-state index < -0.39 is 23.2 Å². The Morgan fingerprint density at radius 2 is 1.87 bits per heavy atom. The average molecular weight is 339 g/mol. The fourth-order valence-electron chi connectivity index (χ4n) is 2.35. The molecule has 1 aliphatic heterocycles. The van der Waals surface area contributed by atoms with Gasteiger partial charge in [-0.2, -0.15) is 4.31 Å². The highest BCUT2D eigenvalue weighted by Gasteiger charge is 2.39. The summed E-state index contributed by atoms with van der Waals surface area (Å²) in [4.78, 5) is 26.5. The fraction of sp³-hybridized carbons (Fsp3) is 0.500. The number of benzene rings is 1. The SMILES string of the molecule is CC.CNC1C(=O)N(C(C)C(C)=O)c2ccccc2S(=O)N1C. The van der Waals surface area contributed by atoms with Gasteiger partial charge >= 0.3 is 0 Å². The summed E-state index contributed by atoms with van der Waals surface area (Å²) in [5, 5.41) is 2.86. The van der Waals surface area contributed by atoms with E-state index in [0.29, 0.717) is 10.6 Å². The Morgan fingerprint density at radius 3 is 2.39 bits per heavy atom. The summed E-state index contributed by atoms with van der Waals surface area (Å²) in [5.74, 6) is -0.413. The van der Waals surface area contributed by atoms with Crippen LogP contribution in [-0.4, -0.2) is 46.5 Å². The molecule has 3 unspecified atom stereocenters. The van der Waals surface area contributed by atoms with Crippen LogP contribution >= 0.6 is 0 Å². The molecule has 1 aromatic rings. The van der Waals surface area contributed by atoms with E-state index in [9.17, 15) is 13.8 Å². The third-order valence-electron chi connectivity index (χ3n) is 3.66. The molecule has 0 bridgehead atoms. The van der Waals surface area contributed by atoms with E-state index >= 15 is 0 Å². The lowest BCUT2D eigenvalue weighted by Gasteiger charge is -2.30. The lowest BCUT2D eigenvalue weighted by atomic mass is 10.1. The van der Waals surface area contributed by atoms with Gasteiger partial charge in [-0.05, 0) is 33.0 Å². The summed E-state index contributed by atoms with van der Waals surface area (Å²) in [7, 11) is 1.77. The molecule has 0 fully saturated rings. The molecular weight excluding hydrogens is 314 g/mol. The van der Waals surface area contributed by atoms with Gasteiger partial charge in [0.1, 0.15) is 11.0 Å². The van der Waals surface area contributed by atoms with Gasteiger partial charge in [0.05, 0.1) is 16.6 Å². The van der Waals surface area contributed by atoms with Gasteiger partial charge in [0.15, 0.2) is 11.9 Å². The highest BCUT2D eigenvalue weighted by molar-refractivity contribution is 7.83. The topological polar surface area (TPSA) is 69.7 Å². The number of anilines is 1. The number of nitrogens with zero attached hydrogens (tertiary/aromatic N) is 2. The second kappa shape index (κ2) is 8.33. The number of ketones is 1. The minimum Gasteiger partial charge on any atom is -0.298 e. The van der Waals surface area contributed by atoms with Crippen LogP contribution in [-0.2, 0) is 20.6 Å². The molecule has 3 atom stereocenters. The maximum absolute atomic E-state index is 12.8. The Morgan fingerprint density at radius 1 is 1.30 bits per heavy atom. The van der Waals surface area contributed by atoms with Crippen LogP contribution in [0.15, 0.2) is 29.2 Å². The van der Waals surface area contributed by atoms with Crippen molar-refractivity contribution in [1.82, 2.24) is 9.62 Å². The second-order valence-corrected chi connectivity index (χ2v) is 6.46. The van der Waals surface area contributed by atoms with Crippen LogP contribution in [0.4, 0.5) is 5.69 Å². The van der Waals surface area contributed by atoms with E-state index in [0.717, 1.165) is 0 Å². The number of amides is 1. The van der Waals surface area contributed by atoms with E-state index in [-0.39, 0.29) is 11.7 Å². The Kier molecular flexibility index (Phi) is 7.05. The van der Waals surface area contributed by atoms with Crippen molar-refractivity contribution in [1.29, 1.82) is 0 Å². The molecule has 7 heteroatoms. The Balaban J connectivity index is 0.00000127. The van der Waals surface area contributed by atoms with Crippen molar-refractivity contribution in [2.75, 3.05) is 19.0 Å². The summed E-state index contributed by atoms with van der Waals surface area (Å²) in [5.41, 5.74) is 0.521. The first-order chi connectivity index (χ1) is 10.9. The van der Waals surface area contributed by atoms with E-state index in [1.807, 2.05) is 13.8 Å². The molecule has 2 rings (SSSR count). The number of nitrogens with one attached hydrogen (secondary N) is 1. The summed E-state index contributed by atoms with van der Waals surface area (Å²) in [6, 6.07) is 6.36. The Labute approximate surface area is 140 Å². The molecule has 1 heterocycles. The first kappa shape index (κ1) is 19.5. The minimum atomic E-state index is -1.48. The number of carbonyl (C=O) groups is 2. The van der Waals surface area contributed by atoms with Crippen molar-refractivity contribution >= 4 is 28.4 Å². The van der Waals surface area contributed by atoms with Crippen LogP contribution in [0.2, 0.25) is 0 Å². The van der Waals surface area contributed by atoms with E-state index in [4.69, 9.17) is 0 Å². The zero-order valence-electron chi connectivity index (χ0n) is 14.5. The molecule has 128 valence electrons. The zero-order valence-corrected chi connectivity index (χ0v) is 15.3. The van der Waals surface area contributed by atoms with Crippen molar-refractivity contribution in [2.24, 2.45) is 0 Å². The van der Waals surface area contributed by atoms with Crippen LogP contribution in [0.1, 0.15) is 27.7 Å². The number of para-hydroxylation sites is 1. The van der Waals surface area contributed by atoms with E-state index in [1.54, 1.807) is 45.3 Å². The molecule has 0 saturated carbocycles. The van der Waals surface area contributed by atoms with Gasteiger partial charge in [0, 0.05) is 7.05 Å². The van der Waals surface area contributed by atoms with E-state index in [2.05, 4.69) is 5.32 Å². The molecule has 0 aliphatic carbocycles. The number of hydrogen-bond acceptors (Lipinski definition) is 4. The predicted octanol–water partition coefficient (Wildman–Crippen LogP) is 1.54. The van der Waals surface area contributed by atoms with E-state index in [1.165, 1.54) is 16.1 Å². The summed E-state index contributed by atoms with van der Waals surface area (Å²) in [6.45, 7) is 7.12. The molecule has 0 saturated heterocycles. The van der Waals surface area contributed by atoms with Gasteiger partial charge in [0.25, 0.3) is 5.91 Å². The normalized spacial score (nSPS) is 22.5. The Hall–Kier alpha value is -1.57. The molecule has 0 aromatic heterocycles. The van der Waals surface area contributed by atoms with Crippen molar-refractivity contribution in [2.45, 2.75) is 44.8 Å². The van der Waals surface area contributed by atoms with Crippen molar-refractivity contribution < 1.29 is 13.8 Å². The molecular formula is C16H25N3O3S. The molecule has 1 amide bonds. The van der Waals surface area contributed by atoms with Crippen LogP contribution in [0.5, 0.6) is 0 Å². The first-order valence-electron chi connectivity index (χ1n) is 7.64. The van der Waals surface area contributed by atoms with Gasteiger partial charge in [-0.1, -0.05) is 26.0 Å². The van der Waals surface area contributed by atoms with Gasteiger partial charge in [-0.25, -0.2) is 4.21 Å². The maximum Gasteiger partial charge on any atom is 0.260 e. The van der Waals surface area contributed by atoms with Crippen LogP contribution < -0.4 is 10.2 Å². The maximum atomic E-state index is 12.8. The fourth-order valence-corrected chi connectivity index (χ4v) is 3.58. The van der Waals surface area contributed by atoms with Crippen molar-refractivity contribution in [3.63, 3.8) is 0 Å². The molecule has 6 nitrogen and oxygen atoms in total. The summed E-state index contributed by atoms with van der Waals surface area (Å²) < 4.78 is 14.1. The molecule has 1 aliphatic rings. The lowest BCUT2D eigenvalue weighted by Crippen LogP contribution is -2.55.